The zero-order valence-electron chi connectivity index (χ0n) is 10.8. The molecule has 5 heteroatoms. The Balaban J connectivity index is 2.38. The van der Waals surface area contributed by atoms with Gasteiger partial charge < -0.3 is 10.1 Å². The fourth-order valence-corrected chi connectivity index (χ4v) is 1.74. The van der Waals surface area contributed by atoms with E-state index in [1.165, 1.54) is 0 Å². The first-order chi connectivity index (χ1) is 9.65. The SMILES string of the molecule is CCOc1ccccc1Nc1c(F)cc(C#N)cc1F. The molecule has 0 atom stereocenters. The van der Waals surface area contributed by atoms with Crippen LogP contribution < -0.4 is 10.1 Å². The van der Waals surface area contributed by atoms with Gasteiger partial charge in [0.25, 0.3) is 0 Å². The van der Waals surface area contributed by atoms with E-state index < -0.39 is 11.6 Å². The van der Waals surface area contributed by atoms with Crippen LogP contribution in [-0.2, 0) is 0 Å². The van der Waals surface area contributed by atoms with Gasteiger partial charge in [-0.05, 0) is 31.2 Å². The minimum Gasteiger partial charge on any atom is -0.492 e. The summed E-state index contributed by atoms with van der Waals surface area (Å²) in [4.78, 5) is 0. The Hall–Kier alpha value is -2.61. The molecule has 1 N–H and O–H groups in total. The second kappa shape index (κ2) is 6.02. The van der Waals surface area contributed by atoms with Crippen molar-refractivity contribution in [1.29, 1.82) is 5.26 Å². The Morgan fingerprint density at radius 3 is 2.45 bits per heavy atom. The summed E-state index contributed by atoms with van der Waals surface area (Å²) in [5.74, 6) is -1.15. The smallest absolute Gasteiger partial charge is 0.150 e. The normalized spacial score (nSPS) is 9.90. The molecule has 0 saturated carbocycles. The third-order valence-corrected chi connectivity index (χ3v) is 2.62. The monoisotopic (exact) mass is 274 g/mol. The number of hydrogen-bond donors (Lipinski definition) is 1. The van der Waals surface area contributed by atoms with Crippen LogP contribution in [0.25, 0.3) is 0 Å². The van der Waals surface area contributed by atoms with Crippen molar-refractivity contribution in [2.75, 3.05) is 11.9 Å². The highest BCUT2D eigenvalue weighted by Crippen LogP contribution is 2.30. The molecule has 2 rings (SSSR count). The molecule has 0 radical (unpaired) electrons. The highest BCUT2D eigenvalue weighted by atomic mass is 19.1. The summed E-state index contributed by atoms with van der Waals surface area (Å²) >= 11 is 0. The first-order valence-corrected chi connectivity index (χ1v) is 6.03. The van der Waals surface area contributed by atoms with Gasteiger partial charge in [-0.3, -0.25) is 0 Å². The Labute approximate surface area is 115 Å². The lowest BCUT2D eigenvalue weighted by Crippen LogP contribution is -2.01. The number of nitrogens with one attached hydrogen (secondary N) is 1. The number of nitrogens with zero attached hydrogens (tertiary/aromatic N) is 1. The van der Waals surface area contributed by atoms with E-state index in [1.54, 1.807) is 30.3 Å². The van der Waals surface area contributed by atoms with E-state index in [9.17, 15) is 8.78 Å². The lowest BCUT2D eigenvalue weighted by molar-refractivity contribution is 0.342. The summed E-state index contributed by atoms with van der Waals surface area (Å²) in [6.45, 7) is 2.26. The Bertz CT molecular complexity index is 642. The van der Waals surface area contributed by atoms with Crippen molar-refractivity contribution in [3.63, 3.8) is 0 Å². The van der Waals surface area contributed by atoms with Crippen LogP contribution in [0.1, 0.15) is 12.5 Å². The third kappa shape index (κ3) is 2.86. The van der Waals surface area contributed by atoms with Gasteiger partial charge in [-0.25, -0.2) is 8.78 Å². The fourth-order valence-electron chi connectivity index (χ4n) is 1.74. The average molecular weight is 274 g/mol. The fraction of sp³-hybridized carbons (Fsp3) is 0.133. The lowest BCUT2D eigenvalue weighted by Gasteiger charge is -2.13. The van der Waals surface area contributed by atoms with Gasteiger partial charge in [0.2, 0.25) is 0 Å². The second-order valence-electron chi connectivity index (χ2n) is 3.98. The van der Waals surface area contributed by atoms with Gasteiger partial charge in [-0.15, -0.1) is 0 Å². The number of ether oxygens (including phenoxy) is 1. The minimum atomic E-state index is -0.826. The topological polar surface area (TPSA) is 45.0 Å². The van der Waals surface area contributed by atoms with Gasteiger partial charge in [0, 0.05) is 0 Å². The van der Waals surface area contributed by atoms with E-state index in [4.69, 9.17) is 10.00 Å². The van der Waals surface area contributed by atoms with Crippen molar-refractivity contribution < 1.29 is 13.5 Å². The highest BCUT2D eigenvalue weighted by molar-refractivity contribution is 5.67. The average Bonchev–Trinajstić information content (AvgIpc) is 2.44. The van der Waals surface area contributed by atoms with E-state index >= 15 is 0 Å². The van der Waals surface area contributed by atoms with Crippen LogP contribution >= 0.6 is 0 Å². The molecule has 0 aromatic heterocycles. The summed E-state index contributed by atoms with van der Waals surface area (Å²) in [5.41, 5.74) is 0.0802. The maximum absolute atomic E-state index is 13.8. The Morgan fingerprint density at radius 2 is 1.85 bits per heavy atom. The van der Waals surface area contributed by atoms with Crippen molar-refractivity contribution in [3.8, 4) is 11.8 Å². The number of para-hydroxylation sites is 2. The predicted octanol–water partition coefficient (Wildman–Crippen LogP) is 3.98. The van der Waals surface area contributed by atoms with Crippen molar-refractivity contribution in [1.82, 2.24) is 0 Å². The summed E-state index contributed by atoms with van der Waals surface area (Å²) in [6.07, 6.45) is 0. The molecule has 0 unspecified atom stereocenters. The predicted molar refractivity (Wildman–Crippen MR) is 72.0 cm³/mol. The van der Waals surface area contributed by atoms with Crippen molar-refractivity contribution in [3.05, 3.63) is 53.6 Å². The summed E-state index contributed by atoms with van der Waals surface area (Å²) in [7, 11) is 0. The number of halogens is 2. The molecule has 0 heterocycles. The van der Waals surface area contributed by atoms with Gasteiger partial charge in [-0.2, -0.15) is 5.26 Å². The van der Waals surface area contributed by atoms with E-state index in [-0.39, 0.29) is 11.3 Å². The maximum Gasteiger partial charge on any atom is 0.150 e. The number of nitriles is 1. The summed E-state index contributed by atoms with van der Waals surface area (Å²) in [5, 5.41) is 11.3. The van der Waals surface area contributed by atoms with E-state index in [2.05, 4.69) is 5.32 Å². The van der Waals surface area contributed by atoms with Crippen LogP contribution in [0.15, 0.2) is 36.4 Å². The second-order valence-corrected chi connectivity index (χ2v) is 3.98. The van der Waals surface area contributed by atoms with Crippen LogP contribution in [0.5, 0.6) is 5.75 Å². The summed E-state index contributed by atoms with van der Waals surface area (Å²) < 4.78 is 33.0. The molecule has 3 nitrogen and oxygen atoms in total. The van der Waals surface area contributed by atoms with Gasteiger partial charge in [0.15, 0.2) is 11.6 Å². The highest BCUT2D eigenvalue weighted by Gasteiger charge is 2.13. The molecule has 0 bridgehead atoms. The molecule has 20 heavy (non-hydrogen) atoms. The molecule has 0 aliphatic carbocycles. The zero-order chi connectivity index (χ0) is 14.5. The molecule has 0 amide bonds. The van der Waals surface area contributed by atoms with E-state index in [0.29, 0.717) is 18.0 Å². The first-order valence-electron chi connectivity index (χ1n) is 6.03. The Kier molecular flexibility index (Phi) is 4.16. The van der Waals surface area contributed by atoms with Crippen LogP contribution in [0, 0.1) is 23.0 Å². The maximum atomic E-state index is 13.8. The molecule has 0 saturated heterocycles. The van der Waals surface area contributed by atoms with Gasteiger partial charge in [0.1, 0.15) is 11.4 Å². The molecule has 2 aromatic rings. The first kappa shape index (κ1) is 13.8. The van der Waals surface area contributed by atoms with Gasteiger partial charge in [-0.1, -0.05) is 12.1 Å². The minimum absolute atomic E-state index is 0.0661. The lowest BCUT2D eigenvalue weighted by atomic mass is 10.2. The van der Waals surface area contributed by atoms with Crippen molar-refractivity contribution >= 4 is 11.4 Å². The van der Waals surface area contributed by atoms with E-state index in [1.807, 2.05) is 6.92 Å². The third-order valence-electron chi connectivity index (χ3n) is 2.62. The van der Waals surface area contributed by atoms with Crippen LogP contribution in [0.4, 0.5) is 20.2 Å². The molecule has 0 aliphatic heterocycles. The standard InChI is InChI=1S/C15H12F2N2O/c1-2-20-14-6-4-3-5-13(14)19-15-11(16)7-10(9-18)8-12(15)17/h3-8,19H,2H2,1H3. The molecular weight excluding hydrogens is 262 g/mol. The van der Waals surface area contributed by atoms with E-state index in [0.717, 1.165) is 12.1 Å². The zero-order valence-corrected chi connectivity index (χ0v) is 10.8. The number of anilines is 2. The summed E-state index contributed by atoms with van der Waals surface area (Å²) in [6, 6.07) is 10.5. The molecule has 0 aliphatic rings. The molecule has 2 aromatic carbocycles. The molecular formula is C15H12F2N2O. The van der Waals surface area contributed by atoms with Crippen molar-refractivity contribution in [2.45, 2.75) is 6.92 Å². The Morgan fingerprint density at radius 1 is 1.20 bits per heavy atom. The molecule has 0 spiro atoms. The van der Waals surface area contributed by atoms with Crippen LogP contribution in [0.2, 0.25) is 0 Å². The van der Waals surface area contributed by atoms with Crippen molar-refractivity contribution in [2.24, 2.45) is 0 Å². The number of hydrogen-bond acceptors (Lipinski definition) is 3. The number of rotatable bonds is 4. The quantitative estimate of drug-likeness (QED) is 0.917. The van der Waals surface area contributed by atoms with Crippen LogP contribution in [0.3, 0.4) is 0 Å². The van der Waals surface area contributed by atoms with Gasteiger partial charge in [0.05, 0.1) is 23.9 Å². The molecule has 102 valence electrons. The number of benzene rings is 2. The van der Waals surface area contributed by atoms with Gasteiger partial charge >= 0.3 is 0 Å². The largest absolute Gasteiger partial charge is 0.492 e. The van der Waals surface area contributed by atoms with Crippen LogP contribution in [-0.4, -0.2) is 6.61 Å². The molecule has 0 fully saturated rings.